The second-order valence-electron chi connectivity index (χ2n) is 4.92. The molecule has 1 aliphatic rings. The smallest absolute Gasteiger partial charge is 0.0560 e. The molecule has 3 N–H and O–H groups in total. The van der Waals surface area contributed by atoms with Crippen molar-refractivity contribution < 1.29 is 5.21 Å². The van der Waals surface area contributed by atoms with Gasteiger partial charge in [0.1, 0.15) is 0 Å². The zero-order valence-corrected chi connectivity index (χ0v) is 10.9. The molecule has 0 radical (unpaired) electrons. The maximum Gasteiger partial charge on any atom is 0.0560 e. The molecule has 1 rings (SSSR count). The molecule has 3 nitrogen and oxygen atoms in total. The second-order valence-corrected chi connectivity index (χ2v) is 4.92. The van der Waals surface area contributed by atoms with Crippen LogP contribution in [-0.2, 0) is 0 Å². The van der Waals surface area contributed by atoms with E-state index in [2.05, 4.69) is 0 Å². The Hall–Kier alpha value is 0.460. The van der Waals surface area contributed by atoms with Gasteiger partial charge >= 0.3 is 0 Å². The third-order valence-corrected chi connectivity index (χ3v) is 3.09. The van der Waals surface area contributed by atoms with Crippen molar-refractivity contribution >= 4 is 24.8 Å². The number of nitrogens with two attached hydrogens (primary N) is 1. The summed E-state index contributed by atoms with van der Waals surface area (Å²) in [5.41, 5.74) is 5.48. The number of hydrogen-bond donors (Lipinski definition) is 2. The van der Waals surface area contributed by atoms with Gasteiger partial charge in [0.15, 0.2) is 0 Å². The van der Waals surface area contributed by atoms with Crippen molar-refractivity contribution in [2.45, 2.75) is 57.7 Å². The number of hydroxylamine groups is 2. The molecule has 0 aliphatic carbocycles. The van der Waals surface area contributed by atoms with E-state index in [9.17, 15) is 5.21 Å². The average molecular weight is 245 g/mol. The van der Waals surface area contributed by atoms with Crippen molar-refractivity contribution in [3.05, 3.63) is 0 Å². The highest BCUT2D eigenvalue weighted by molar-refractivity contribution is 5.85. The summed E-state index contributed by atoms with van der Waals surface area (Å²) in [5.74, 6) is 0. The normalized spacial score (nSPS) is 30.0. The Labute approximate surface area is 98.8 Å². The highest BCUT2D eigenvalue weighted by Gasteiger charge is 2.45. The molecule has 14 heavy (non-hydrogen) atoms. The van der Waals surface area contributed by atoms with Crippen molar-refractivity contribution in [3.63, 3.8) is 0 Å². The van der Waals surface area contributed by atoms with Crippen LogP contribution in [0.1, 0.15) is 40.5 Å². The lowest BCUT2D eigenvalue weighted by Gasteiger charge is -2.51. The third-order valence-electron chi connectivity index (χ3n) is 3.09. The molecular weight excluding hydrogens is 223 g/mol. The molecule has 0 aromatic heterocycles. The summed E-state index contributed by atoms with van der Waals surface area (Å²) in [7, 11) is 0. The van der Waals surface area contributed by atoms with Crippen LogP contribution in [-0.4, -0.2) is 27.4 Å². The quantitative estimate of drug-likeness (QED) is 0.687. The maximum atomic E-state index is 9.89. The summed E-state index contributed by atoms with van der Waals surface area (Å²) in [6, 6.07) is 0.0653. The molecule has 88 valence electrons. The van der Waals surface area contributed by atoms with Gasteiger partial charge < -0.3 is 10.9 Å². The first kappa shape index (κ1) is 16.9. The zero-order chi connectivity index (χ0) is 9.57. The van der Waals surface area contributed by atoms with Crippen LogP contribution in [0.4, 0.5) is 0 Å². The summed E-state index contributed by atoms with van der Waals surface area (Å²) in [6.45, 7) is 8.05. The summed E-state index contributed by atoms with van der Waals surface area (Å²) >= 11 is 0. The summed E-state index contributed by atoms with van der Waals surface area (Å²) in [4.78, 5) is 0. The van der Waals surface area contributed by atoms with Crippen LogP contribution >= 0.6 is 24.8 Å². The summed E-state index contributed by atoms with van der Waals surface area (Å²) in [5, 5.41) is 11.3. The van der Waals surface area contributed by atoms with Crippen molar-refractivity contribution in [2.24, 2.45) is 5.73 Å². The van der Waals surface area contributed by atoms with Gasteiger partial charge in [0, 0.05) is 11.6 Å². The molecule has 0 aromatic rings. The van der Waals surface area contributed by atoms with Gasteiger partial charge in [0.05, 0.1) is 5.54 Å². The van der Waals surface area contributed by atoms with Gasteiger partial charge in [-0.1, -0.05) is 0 Å². The van der Waals surface area contributed by atoms with Gasteiger partial charge in [0.2, 0.25) is 0 Å². The maximum absolute atomic E-state index is 9.89. The van der Waals surface area contributed by atoms with E-state index in [-0.39, 0.29) is 41.9 Å². The molecule has 1 aliphatic heterocycles. The zero-order valence-electron chi connectivity index (χ0n) is 9.28. The molecule has 1 saturated heterocycles. The predicted octanol–water partition coefficient (Wildman–Crippen LogP) is 2.20. The van der Waals surface area contributed by atoms with E-state index >= 15 is 0 Å². The molecule has 0 bridgehead atoms. The van der Waals surface area contributed by atoms with E-state index in [0.29, 0.717) is 0 Å². The fourth-order valence-corrected chi connectivity index (χ4v) is 1.90. The molecule has 0 amide bonds. The second kappa shape index (κ2) is 4.99. The first-order valence-corrected chi connectivity index (χ1v) is 4.53. The molecular formula is C9H22Cl2N2O. The van der Waals surface area contributed by atoms with Gasteiger partial charge in [0.25, 0.3) is 0 Å². The minimum atomic E-state index is -0.304. The standard InChI is InChI=1S/C9H20N2O.2ClH/c1-8(2)6-5-7(10)9(3,4)11(8)12;;/h7,12H,5-6,10H2,1-4H3;2*1H. The van der Waals surface area contributed by atoms with Gasteiger partial charge in [-0.3, -0.25) is 0 Å². The molecule has 1 unspecified atom stereocenters. The van der Waals surface area contributed by atoms with E-state index in [1.807, 2.05) is 27.7 Å². The minimum absolute atomic E-state index is 0. The topological polar surface area (TPSA) is 49.5 Å². The molecule has 1 heterocycles. The highest BCUT2D eigenvalue weighted by Crippen LogP contribution is 2.35. The lowest BCUT2D eigenvalue weighted by atomic mass is 9.79. The Morgan fingerprint density at radius 2 is 1.64 bits per heavy atom. The largest absolute Gasteiger partial charge is 0.326 e. The predicted molar refractivity (Wildman–Crippen MR) is 63.5 cm³/mol. The van der Waals surface area contributed by atoms with Crippen LogP contribution in [0.2, 0.25) is 0 Å². The first-order chi connectivity index (χ1) is 5.28. The van der Waals surface area contributed by atoms with Gasteiger partial charge in [-0.25, -0.2) is 0 Å². The van der Waals surface area contributed by atoms with E-state index in [1.54, 1.807) is 0 Å². The number of piperidine rings is 1. The Bertz CT molecular complexity index is 186. The van der Waals surface area contributed by atoms with Crippen molar-refractivity contribution in [1.29, 1.82) is 0 Å². The Morgan fingerprint density at radius 1 is 1.21 bits per heavy atom. The highest BCUT2D eigenvalue weighted by atomic mass is 35.5. The molecule has 0 saturated carbocycles. The van der Waals surface area contributed by atoms with Crippen LogP contribution in [0.25, 0.3) is 0 Å². The molecule has 0 spiro atoms. The van der Waals surface area contributed by atoms with E-state index in [4.69, 9.17) is 5.73 Å². The number of hydrogen-bond acceptors (Lipinski definition) is 3. The number of halogens is 2. The third kappa shape index (κ3) is 2.74. The lowest BCUT2D eigenvalue weighted by Crippen LogP contribution is -2.65. The summed E-state index contributed by atoms with van der Waals surface area (Å²) in [6.07, 6.45) is 1.94. The summed E-state index contributed by atoms with van der Waals surface area (Å²) < 4.78 is 0. The van der Waals surface area contributed by atoms with Gasteiger partial charge in [-0.2, -0.15) is 5.06 Å². The monoisotopic (exact) mass is 244 g/mol. The van der Waals surface area contributed by atoms with Crippen molar-refractivity contribution in [2.75, 3.05) is 0 Å². The van der Waals surface area contributed by atoms with Crippen LogP contribution in [0, 0.1) is 0 Å². The SMILES string of the molecule is CC1(C)CCC(N)C(C)(C)N1O.Cl.Cl. The lowest BCUT2D eigenvalue weighted by molar-refractivity contribution is -0.246. The van der Waals surface area contributed by atoms with Crippen LogP contribution in [0.15, 0.2) is 0 Å². The average Bonchev–Trinajstić information content (AvgIpc) is 1.96. The Morgan fingerprint density at radius 3 is 2.00 bits per heavy atom. The van der Waals surface area contributed by atoms with Gasteiger partial charge in [-0.15, -0.1) is 24.8 Å². The van der Waals surface area contributed by atoms with Crippen LogP contribution in [0.5, 0.6) is 0 Å². The minimum Gasteiger partial charge on any atom is -0.326 e. The Kier molecular flexibility index (Phi) is 6.02. The molecule has 5 heteroatoms. The molecule has 1 fully saturated rings. The van der Waals surface area contributed by atoms with Gasteiger partial charge in [-0.05, 0) is 40.5 Å². The number of nitrogens with zero attached hydrogens (tertiary/aromatic N) is 1. The van der Waals surface area contributed by atoms with Crippen molar-refractivity contribution in [3.8, 4) is 0 Å². The van der Waals surface area contributed by atoms with E-state index in [1.165, 1.54) is 5.06 Å². The Balaban J connectivity index is 0. The molecule has 0 aromatic carbocycles. The van der Waals surface area contributed by atoms with Crippen LogP contribution in [0.3, 0.4) is 0 Å². The van der Waals surface area contributed by atoms with Crippen LogP contribution < -0.4 is 5.73 Å². The first-order valence-electron chi connectivity index (χ1n) is 4.53. The van der Waals surface area contributed by atoms with Crippen molar-refractivity contribution in [1.82, 2.24) is 5.06 Å². The molecule has 1 atom stereocenters. The van der Waals surface area contributed by atoms with E-state index in [0.717, 1.165) is 12.8 Å². The van der Waals surface area contributed by atoms with E-state index < -0.39 is 0 Å². The number of rotatable bonds is 0. The fraction of sp³-hybridized carbons (Fsp3) is 1.00. The fourth-order valence-electron chi connectivity index (χ4n) is 1.90.